The van der Waals surface area contributed by atoms with Crippen LogP contribution in [0.25, 0.3) is 0 Å². The number of hydrogen-bond donors (Lipinski definition) is 4. The molecular formula is C6H18N4. The predicted octanol–water partition coefficient (Wildman–Crippen LogP) is -1.11. The summed E-state index contributed by atoms with van der Waals surface area (Å²) in [6, 6.07) is 0. The fourth-order valence-electron chi connectivity index (χ4n) is 0.614. The molecule has 0 saturated heterocycles. The van der Waals surface area contributed by atoms with Gasteiger partial charge in [-0.05, 0) is 25.3 Å². The Bertz CT molecular complexity index is 86.2. The third-order valence-corrected chi connectivity index (χ3v) is 1.47. The molecule has 10 heavy (non-hydrogen) atoms. The summed E-state index contributed by atoms with van der Waals surface area (Å²) >= 11 is 0. The molecule has 0 bridgehead atoms. The van der Waals surface area contributed by atoms with Gasteiger partial charge in [0.1, 0.15) is 5.79 Å². The van der Waals surface area contributed by atoms with E-state index in [1.165, 1.54) is 0 Å². The van der Waals surface area contributed by atoms with Crippen molar-refractivity contribution in [3.05, 3.63) is 0 Å². The van der Waals surface area contributed by atoms with E-state index in [-0.39, 0.29) is 0 Å². The molecule has 0 aromatic carbocycles. The maximum Gasteiger partial charge on any atom is 0.115 e. The number of nitrogens with two attached hydrogens (primary N) is 4. The second-order valence-corrected chi connectivity index (χ2v) is 2.99. The smallest absolute Gasteiger partial charge is 0.115 e. The van der Waals surface area contributed by atoms with Crippen LogP contribution >= 0.6 is 0 Å². The minimum atomic E-state index is -1.02. The van der Waals surface area contributed by atoms with Gasteiger partial charge >= 0.3 is 0 Å². The van der Waals surface area contributed by atoms with Gasteiger partial charge in [0, 0.05) is 0 Å². The average Bonchev–Trinajstić information content (AvgIpc) is 1.81. The summed E-state index contributed by atoms with van der Waals surface area (Å²) in [6.45, 7) is 2.71. The first-order chi connectivity index (χ1) is 4.45. The van der Waals surface area contributed by atoms with Gasteiger partial charge in [-0.1, -0.05) is 6.92 Å². The summed E-state index contributed by atoms with van der Waals surface area (Å²) in [6.07, 6.45) is 1.51. The van der Waals surface area contributed by atoms with E-state index in [2.05, 4.69) is 0 Å². The SMILES string of the molecule is CC(CN)CCC(N)(N)N. The van der Waals surface area contributed by atoms with Crippen LogP contribution in [0.1, 0.15) is 19.8 Å². The van der Waals surface area contributed by atoms with Crippen LogP contribution in [0.15, 0.2) is 0 Å². The van der Waals surface area contributed by atoms with Gasteiger partial charge in [-0.3, -0.25) is 0 Å². The second kappa shape index (κ2) is 3.88. The molecule has 62 valence electrons. The second-order valence-electron chi connectivity index (χ2n) is 2.99. The first kappa shape index (κ1) is 9.84. The lowest BCUT2D eigenvalue weighted by Gasteiger charge is -2.19. The lowest BCUT2D eigenvalue weighted by molar-refractivity contribution is 0.371. The minimum Gasteiger partial charge on any atom is -0.330 e. The van der Waals surface area contributed by atoms with Crippen molar-refractivity contribution in [1.29, 1.82) is 0 Å². The highest BCUT2D eigenvalue weighted by molar-refractivity contribution is 4.69. The van der Waals surface area contributed by atoms with Gasteiger partial charge in [-0.25, -0.2) is 0 Å². The van der Waals surface area contributed by atoms with E-state index >= 15 is 0 Å². The zero-order chi connectivity index (χ0) is 8.20. The molecule has 8 N–H and O–H groups in total. The Balaban J connectivity index is 3.36. The zero-order valence-electron chi connectivity index (χ0n) is 6.51. The van der Waals surface area contributed by atoms with Crippen LogP contribution in [0.3, 0.4) is 0 Å². The Hall–Kier alpha value is -0.160. The van der Waals surface area contributed by atoms with Gasteiger partial charge in [-0.2, -0.15) is 0 Å². The lowest BCUT2D eigenvalue weighted by Crippen LogP contribution is -2.57. The fraction of sp³-hybridized carbons (Fsp3) is 1.00. The largest absolute Gasteiger partial charge is 0.330 e. The van der Waals surface area contributed by atoms with Crippen molar-refractivity contribution in [1.82, 2.24) is 0 Å². The highest BCUT2D eigenvalue weighted by atomic mass is 15.1. The van der Waals surface area contributed by atoms with E-state index in [9.17, 15) is 0 Å². The Labute approximate surface area is 61.9 Å². The lowest BCUT2D eigenvalue weighted by atomic mass is 10.0. The van der Waals surface area contributed by atoms with Crippen molar-refractivity contribution in [2.75, 3.05) is 6.54 Å². The molecule has 0 aliphatic heterocycles. The Morgan fingerprint density at radius 1 is 1.30 bits per heavy atom. The van der Waals surface area contributed by atoms with Crippen LogP contribution in [-0.2, 0) is 0 Å². The van der Waals surface area contributed by atoms with Crippen molar-refractivity contribution in [3.8, 4) is 0 Å². The fourth-order valence-corrected chi connectivity index (χ4v) is 0.614. The predicted molar refractivity (Wildman–Crippen MR) is 42.7 cm³/mol. The van der Waals surface area contributed by atoms with Gasteiger partial charge in [0.15, 0.2) is 0 Å². The Morgan fingerprint density at radius 3 is 2.10 bits per heavy atom. The molecule has 0 heterocycles. The van der Waals surface area contributed by atoms with Crippen LogP contribution in [0.4, 0.5) is 0 Å². The van der Waals surface area contributed by atoms with Crippen molar-refractivity contribution in [2.45, 2.75) is 25.6 Å². The number of hydrogen-bond acceptors (Lipinski definition) is 4. The average molecular weight is 146 g/mol. The van der Waals surface area contributed by atoms with E-state index in [4.69, 9.17) is 22.9 Å². The maximum absolute atomic E-state index is 5.38. The normalized spacial score (nSPS) is 15.3. The van der Waals surface area contributed by atoms with E-state index in [1.54, 1.807) is 0 Å². The molecule has 4 nitrogen and oxygen atoms in total. The minimum absolute atomic E-state index is 0.454. The summed E-state index contributed by atoms with van der Waals surface area (Å²) < 4.78 is 0. The van der Waals surface area contributed by atoms with E-state index in [0.29, 0.717) is 18.9 Å². The van der Waals surface area contributed by atoms with E-state index < -0.39 is 5.79 Å². The quantitative estimate of drug-likeness (QED) is 0.377. The van der Waals surface area contributed by atoms with E-state index in [0.717, 1.165) is 6.42 Å². The molecule has 1 unspecified atom stereocenters. The van der Waals surface area contributed by atoms with Gasteiger partial charge in [0.2, 0.25) is 0 Å². The van der Waals surface area contributed by atoms with Crippen LogP contribution in [0, 0.1) is 5.92 Å². The van der Waals surface area contributed by atoms with Crippen LogP contribution in [0.5, 0.6) is 0 Å². The first-order valence-corrected chi connectivity index (χ1v) is 3.52. The molecule has 0 radical (unpaired) electrons. The van der Waals surface area contributed by atoms with Crippen LogP contribution < -0.4 is 22.9 Å². The third kappa shape index (κ3) is 5.97. The molecular weight excluding hydrogens is 128 g/mol. The molecule has 0 rings (SSSR count). The molecule has 0 aromatic heterocycles. The molecule has 0 aliphatic carbocycles. The van der Waals surface area contributed by atoms with Gasteiger partial charge in [-0.15, -0.1) is 0 Å². The Morgan fingerprint density at radius 2 is 1.80 bits per heavy atom. The van der Waals surface area contributed by atoms with Crippen molar-refractivity contribution >= 4 is 0 Å². The topological polar surface area (TPSA) is 104 Å². The summed E-state index contributed by atoms with van der Waals surface area (Å²) in [7, 11) is 0. The summed E-state index contributed by atoms with van der Waals surface area (Å²) in [5, 5.41) is 0. The Kier molecular flexibility index (Phi) is 3.81. The van der Waals surface area contributed by atoms with Crippen molar-refractivity contribution in [2.24, 2.45) is 28.9 Å². The number of rotatable bonds is 4. The molecule has 0 fully saturated rings. The van der Waals surface area contributed by atoms with Crippen molar-refractivity contribution < 1.29 is 0 Å². The first-order valence-electron chi connectivity index (χ1n) is 3.52. The maximum atomic E-state index is 5.38. The van der Waals surface area contributed by atoms with Crippen molar-refractivity contribution in [3.63, 3.8) is 0 Å². The standard InChI is InChI=1S/C6H18N4/c1-5(4-7)2-3-6(8,9)10/h5H,2-4,7-10H2,1H3. The molecule has 1 atom stereocenters. The van der Waals surface area contributed by atoms with E-state index in [1.807, 2.05) is 6.92 Å². The monoisotopic (exact) mass is 146 g/mol. The molecule has 0 amide bonds. The van der Waals surface area contributed by atoms with Crippen LogP contribution in [0.2, 0.25) is 0 Å². The molecule has 0 spiro atoms. The zero-order valence-corrected chi connectivity index (χ0v) is 6.51. The molecule has 0 aromatic rings. The van der Waals surface area contributed by atoms with Gasteiger partial charge in [0.05, 0.1) is 0 Å². The highest BCUT2D eigenvalue weighted by Gasteiger charge is 2.12. The van der Waals surface area contributed by atoms with Gasteiger partial charge in [0.25, 0.3) is 0 Å². The highest BCUT2D eigenvalue weighted by Crippen LogP contribution is 2.05. The summed E-state index contributed by atoms with van der Waals surface area (Å²) in [5.74, 6) is -0.571. The van der Waals surface area contributed by atoms with Crippen LogP contribution in [-0.4, -0.2) is 12.3 Å². The third-order valence-electron chi connectivity index (χ3n) is 1.47. The summed E-state index contributed by atoms with van der Waals surface area (Å²) in [4.78, 5) is 0. The molecule has 0 aliphatic rings. The molecule has 0 saturated carbocycles. The summed E-state index contributed by atoms with van der Waals surface area (Å²) in [5.41, 5.74) is 21.4. The van der Waals surface area contributed by atoms with Gasteiger partial charge < -0.3 is 22.9 Å². The molecule has 4 heteroatoms.